The molecule has 0 saturated carbocycles. The summed E-state index contributed by atoms with van der Waals surface area (Å²) in [6, 6.07) is 16.3. The third-order valence-corrected chi connectivity index (χ3v) is 3.06. The highest BCUT2D eigenvalue weighted by Crippen LogP contribution is 2.24. The second-order valence-electron chi connectivity index (χ2n) is 4.72. The number of nitrogens with zero attached hydrogens (tertiary/aromatic N) is 1. The van der Waals surface area contributed by atoms with Gasteiger partial charge in [0.2, 0.25) is 5.91 Å². The maximum Gasteiger partial charge on any atom is 0.305 e. The zero-order valence-electron chi connectivity index (χ0n) is 12.2. The number of benzene rings is 2. The number of carboxylic acids is 1. The normalized spacial score (nSPS) is 10.0. The molecule has 5 nitrogen and oxygen atoms in total. The fraction of sp³-hybridized carbons (Fsp3) is 0.176. The highest BCUT2D eigenvalue weighted by atomic mass is 16.5. The van der Waals surface area contributed by atoms with Crippen LogP contribution < -0.4 is 9.64 Å². The van der Waals surface area contributed by atoms with Gasteiger partial charge in [0.05, 0.1) is 6.42 Å². The Bertz CT molecular complexity index is 637. The number of hydrogen-bond donors (Lipinski definition) is 1. The third-order valence-electron chi connectivity index (χ3n) is 3.06. The molecular formula is C17H17NO4. The number of ether oxygens (including phenoxy) is 1. The predicted molar refractivity (Wildman–Crippen MR) is 83.2 cm³/mol. The molecule has 5 heteroatoms. The van der Waals surface area contributed by atoms with Crippen LogP contribution in [0, 0.1) is 0 Å². The van der Waals surface area contributed by atoms with E-state index in [0.29, 0.717) is 11.4 Å². The van der Waals surface area contributed by atoms with Gasteiger partial charge in [-0.1, -0.05) is 18.2 Å². The van der Waals surface area contributed by atoms with E-state index in [1.807, 2.05) is 30.3 Å². The largest absolute Gasteiger partial charge is 0.481 e. The van der Waals surface area contributed by atoms with Crippen molar-refractivity contribution in [2.24, 2.45) is 0 Å². The van der Waals surface area contributed by atoms with E-state index in [9.17, 15) is 9.59 Å². The summed E-state index contributed by atoms with van der Waals surface area (Å²) in [4.78, 5) is 23.7. The van der Waals surface area contributed by atoms with Crippen LogP contribution in [0.1, 0.15) is 13.3 Å². The number of carbonyl (C=O) groups is 2. The highest BCUT2D eigenvalue weighted by Gasteiger charge is 2.13. The van der Waals surface area contributed by atoms with Crippen LogP contribution in [0.5, 0.6) is 11.5 Å². The lowest BCUT2D eigenvalue weighted by atomic mass is 10.2. The molecule has 0 aromatic heterocycles. The van der Waals surface area contributed by atoms with Crippen molar-refractivity contribution >= 4 is 17.6 Å². The van der Waals surface area contributed by atoms with E-state index in [1.54, 1.807) is 24.3 Å². The van der Waals surface area contributed by atoms with Gasteiger partial charge in [-0.15, -0.1) is 0 Å². The minimum atomic E-state index is -0.935. The summed E-state index contributed by atoms with van der Waals surface area (Å²) >= 11 is 0. The Morgan fingerprint density at radius 1 is 1.00 bits per heavy atom. The number of amides is 1. The number of carbonyl (C=O) groups excluding carboxylic acids is 1. The fourth-order valence-corrected chi connectivity index (χ4v) is 1.99. The summed E-state index contributed by atoms with van der Waals surface area (Å²) < 4.78 is 5.67. The van der Waals surface area contributed by atoms with Crippen LogP contribution in [0.2, 0.25) is 0 Å². The van der Waals surface area contributed by atoms with Crippen LogP contribution >= 0.6 is 0 Å². The van der Waals surface area contributed by atoms with Gasteiger partial charge in [0.25, 0.3) is 0 Å². The van der Waals surface area contributed by atoms with Gasteiger partial charge in [0.15, 0.2) is 0 Å². The first kappa shape index (κ1) is 15.6. The van der Waals surface area contributed by atoms with Crippen molar-refractivity contribution < 1.29 is 19.4 Å². The zero-order chi connectivity index (χ0) is 15.9. The number of carboxylic acid groups (broad SMARTS) is 1. The molecule has 2 rings (SSSR count). The van der Waals surface area contributed by atoms with E-state index in [2.05, 4.69) is 0 Å². The molecule has 1 amide bonds. The van der Waals surface area contributed by atoms with Crippen LogP contribution in [0.25, 0.3) is 0 Å². The van der Waals surface area contributed by atoms with Crippen LogP contribution in [-0.4, -0.2) is 23.5 Å². The minimum Gasteiger partial charge on any atom is -0.481 e. The third kappa shape index (κ3) is 4.34. The molecular weight excluding hydrogens is 282 g/mol. The van der Waals surface area contributed by atoms with Crippen molar-refractivity contribution in [3.63, 3.8) is 0 Å². The van der Waals surface area contributed by atoms with Crippen molar-refractivity contribution in [3.05, 3.63) is 54.6 Å². The summed E-state index contributed by atoms with van der Waals surface area (Å²) in [7, 11) is 0. The SMILES string of the molecule is CC(=O)N(CCC(=O)O)c1ccc(Oc2ccccc2)cc1. The molecule has 0 spiro atoms. The quantitative estimate of drug-likeness (QED) is 0.888. The van der Waals surface area contributed by atoms with Gasteiger partial charge in [0, 0.05) is 19.2 Å². The van der Waals surface area contributed by atoms with E-state index in [4.69, 9.17) is 9.84 Å². The van der Waals surface area contributed by atoms with Gasteiger partial charge in [-0.2, -0.15) is 0 Å². The standard InChI is InChI=1S/C17H17NO4/c1-13(19)18(12-11-17(20)21)14-7-9-16(10-8-14)22-15-5-3-2-4-6-15/h2-10H,11-12H2,1H3,(H,20,21). The number of para-hydroxylation sites is 1. The average molecular weight is 299 g/mol. The second kappa shape index (κ2) is 7.26. The summed E-state index contributed by atoms with van der Waals surface area (Å²) in [5.74, 6) is 0.245. The van der Waals surface area contributed by atoms with E-state index in [-0.39, 0.29) is 18.9 Å². The molecule has 0 atom stereocenters. The summed E-state index contributed by atoms with van der Waals surface area (Å²) in [5, 5.41) is 8.74. The molecule has 0 aliphatic rings. The van der Waals surface area contributed by atoms with Gasteiger partial charge in [-0.3, -0.25) is 9.59 Å². The van der Waals surface area contributed by atoms with Gasteiger partial charge in [0.1, 0.15) is 11.5 Å². The first-order valence-corrected chi connectivity index (χ1v) is 6.89. The summed E-state index contributed by atoms with van der Waals surface area (Å²) in [6.07, 6.45) is -0.0954. The molecule has 0 heterocycles. The smallest absolute Gasteiger partial charge is 0.305 e. The first-order valence-electron chi connectivity index (χ1n) is 6.89. The lowest BCUT2D eigenvalue weighted by molar-refractivity contribution is -0.136. The molecule has 2 aromatic carbocycles. The molecule has 0 fully saturated rings. The molecule has 0 radical (unpaired) electrons. The Balaban J connectivity index is 2.09. The number of anilines is 1. The van der Waals surface area contributed by atoms with Gasteiger partial charge in [-0.05, 0) is 36.4 Å². The van der Waals surface area contributed by atoms with Crippen LogP contribution in [0.3, 0.4) is 0 Å². The molecule has 2 aromatic rings. The van der Waals surface area contributed by atoms with E-state index >= 15 is 0 Å². The average Bonchev–Trinajstić information content (AvgIpc) is 2.49. The molecule has 0 saturated heterocycles. The van der Waals surface area contributed by atoms with Crippen LogP contribution in [0.4, 0.5) is 5.69 Å². The van der Waals surface area contributed by atoms with E-state index in [1.165, 1.54) is 11.8 Å². The van der Waals surface area contributed by atoms with E-state index in [0.717, 1.165) is 5.75 Å². The zero-order valence-corrected chi connectivity index (χ0v) is 12.2. The maximum absolute atomic E-state index is 11.6. The van der Waals surface area contributed by atoms with Crippen LogP contribution in [0.15, 0.2) is 54.6 Å². The molecule has 0 unspecified atom stereocenters. The lowest BCUT2D eigenvalue weighted by Gasteiger charge is -2.20. The Kier molecular flexibility index (Phi) is 5.14. The molecule has 22 heavy (non-hydrogen) atoms. The topological polar surface area (TPSA) is 66.8 Å². The molecule has 0 aliphatic carbocycles. The van der Waals surface area contributed by atoms with Crippen molar-refractivity contribution in [2.45, 2.75) is 13.3 Å². The molecule has 1 N–H and O–H groups in total. The fourth-order valence-electron chi connectivity index (χ4n) is 1.99. The number of hydrogen-bond acceptors (Lipinski definition) is 3. The monoisotopic (exact) mass is 299 g/mol. The minimum absolute atomic E-state index is 0.0954. The molecule has 0 bridgehead atoms. The van der Waals surface area contributed by atoms with Crippen LogP contribution in [-0.2, 0) is 9.59 Å². The first-order chi connectivity index (χ1) is 10.6. The molecule has 114 valence electrons. The summed E-state index contributed by atoms with van der Waals surface area (Å²) in [5.41, 5.74) is 0.647. The van der Waals surface area contributed by atoms with Crippen molar-refractivity contribution in [1.82, 2.24) is 0 Å². The van der Waals surface area contributed by atoms with Gasteiger partial charge in [-0.25, -0.2) is 0 Å². The Hall–Kier alpha value is -2.82. The van der Waals surface area contributed by atoms with E-state index < -0.39 is 5.97 Å². The van der Waals surface area contributed by atoms with Gasteiger partial charge < -0.3 is 14.7 Å². The Morgan fingerprint density at radius 3 is 2.14 bits per heavy atom. The van der Waals surface area contributed by atoms with Crippen molar-refractivity contribution in [2.75, 3.05) is 11.4 Å². The Labute approximate surface area is 128 Å². The molecule has 0 aliphatic heterocycles. The lowest BCUT2D eigenvalue weighted by Crippen LogP contribution is -2.30. The second-order valence-corrected chi connectivity index (χ2v) is 4.72. The number of rotatable bonds is 6. The maximum atomic E-state index is 11.6. The predicted octanol–water partition coefficient (Wildman–Crippen LogP) is 3.31. The highest BCUT2D eigenvalue weighted by molar-refractivity contribution is 5.92. The number of aliphatic carboxylic acids is 1. The summed E-state index contributed by atoms with van der Waals surface area (Å²) in [6.45, 7) is 1.56. The van der Waals surface area contributed by atoms with Crippen molar-refractivity contribution in [1.29, 1.82) is 0 Å². The van der Waals surface area contributed by atoms with Gasteiger partial charge >= 0.3 is 5.97 Å². The Morgan fingerprint density at radius 2 is 1.59 bits per heavy atom. The van der Waals surface area contributed by atoms with Crippen molar-refractivity contribution in [3.8, 4) is 11.5 Å².